The lowest BCUT2D eigenvalue weighted by molar-refractivity contribution is 0.0106. The molecule has 0 aliphatic carbocycles. The highest BCUT2D eigenvalue weighted by atomic mass is 16.6. The molecule has 2 aliphatic rings. The van der Waals surface area contributed by atoms with Gasteiger partial charge >= 0.3 is 6.09 Å². The van der Waals surface area contributed by atoms with Crippen LogP contribution in [0.25, 0.3) is 0 Å². The van der Waals surface area contributed by atoms with Crippen LogP contribution in [0.2, 0.25) is 0 Å². The predicted molar refractivity (Wildman–Crippen MR) is 95.0 cm³/mol. The van der Waals surface area contributed by atoms with Gasteiger partial charge in [-0.3, -0.25) is 4.79 Å². The van der Waals surface area contributed by atoms with Gasteiger partial charge in [-0.1, -0.05) is 12.1 Å². The average Bonchev–Trinajstić information content (AvgIpc) is 2.89. The molecule has 0 saturated carbocycles. The fraction of sp³-hybridized carbons (Fsp3) is 0.579. The Labute approximate surface area is 148 Å². The monoisotopic (exact) mass is 345 g/mol. The third-order valence-electron chi connectivity index (χ3n) is 4.73. The average molecular weight is 345 g/mol. The molecule has 25 heavy (non-hydrogen) atoms. The highest BCUT2D eigenvalue weighted by molar-refractivity contribution is 5.98. The molecule has 1 aromatic rings. The molecule has 2 N–H and O–H groups in total. The number of likely N-dealkylation sites (tertiary alicyclic amines) is 1. The summed E-state index contributed by atoms with van der Waals surface area (Å²) in [5.74, 6) is 0.0506. The summed E-state index contributed by atoms with van der Waals surface area (Å²) >= 11 is 0. The van der Waals surface area contributed by atoms with Crippen LogP contribution < -0.4 is 5.73 Å². The largest absolute Gasteiger partial charge is 0.444 e. The number of nitrogens with zero attached hydrogens (tertiary/aromatic N) is 2. The molecule has 1 fully saturated rings. The normalized spacial score (nSPS) is 20.6. The van der Waals surface area contributed by atoms with Crippen LogP contribution in [-0.4, -0.2) is 46.5 Å². The summed E-state index contributed by atoms with van der Waals surface area (Å²) in [7, 11) is 0. The first-order chi connectivity index (χ1) is 11.8. The fourth-order valence-corrected chi connectivity index (χ4v) is 3.52. The van der Waals surface area contributed by atoms with E-state index >= 15 is 0 Å². The minimum Gasteiger partial charge on any atom is -0.444 e. The van der Waals surface area contributed by atoms with Gasteiger partial charge in [0.05, 0.1) is 6.04 Å². The van der Waals surface area contributed by atoms with Crippen molar-refractivity contribution in [1.82, 2.24) is 9.80 Å². The number of hydrogen-bond donors (Lipinski definition) is 1. The summed E-state index contributed by atoms with van der Waals surface area (Å²) in [4.78, 5) is 28.7. The van der Waals surface area contributed by atoms with E-state index in [0.29, 0.717) is 26.2 Å². The second kappa shape index (κ2) is 6.67. The first-order valence-corrected chi connectivity index (χ1v) is 8.89. The van der Waals surface area contributed by atoms with Crippen LogP contribution in [0.3, 0.4) is 0 Å². The number of amides is 2. The Balaban J connectivity index is 1.70. The lowest BCUT2D eigenvalue weighted by Gasteiger charge is -2.38. The van der Waals surface area contributed by atoms with E-state index in [0.717, 1.165) is 29.5 Å². The summed E-state index contributed by atoms with van der Waals surface area (Å²) in [6.45, 7) is 7.86. The van der Waals surface area contributed by atoms with Crippen LogP contribution in [0, 0.1) is 0 Å². The van der Waals surface area contributed by atoms with E-state index in [1.54, 1.807) is 4.90 Å². The molecule has 136 valence electrons. The molecule has 3 rings (SSSR count). The number of carbonyl (C=O) groups excluding carboxylic acids is 2. The molecule has 2 amide bonds. The molecule has 6 nitrogen and oxygen atoms in total. The molecule has 6 heteroatoms. The molecular formula is C19H27N3O3. The maximum absolute atomic E-state index is 12.8. The molecule has 0 radical (unpaired) electrons. The van der Waals surface area contributed by atoms with E-state index in [-0.39, 0.29) is 18.0 Å². The summed E-state index contributed by atoms with van der Waals surface area (Å²) in [6, 6.07) is 5.83. The molecule has 1 aromatic carbocycles. The minimum absolute atomic E-state index is 0.0301. The zero-order valence-electron chi connectivity index (χ0n) is 15.2. The summed E-state index contributed by atoms with van der Waals surface area (Å²) in [5, 5.41) is 0. The number of rotatable bonds is 2. The van der Waals surface area contributed by atoms with Crippen LogP contribution >= 0.6 is 0 Å². The fourth-order valence-electron chi connectivity index (χ4n) is 3.52. The molecule has 0 bridgehead atoms. The lowest BCUT2D eigenvalue weighted by atomic mass is 10.0. The maximum Gasteiger partial charge on any atom is 0.410 e. The first kappa shape index (κ1) is 17.7. The Morgan fingerprint density at radius 3 is 2.80 bits per heavy atom. The van der Waals surface area contributed by atoms with Gasteiger partial charge in [-0.2, -0.15) is 0 Å². The van der Waals surface area contributed by atoms with Crippen molar-refractivity contribution in [3.05, 3.63) is 34.9 Å². The smallest absolute Gasteiger partial charge is 0.410 e. The Bertz CT molecular complexity index is 681. The van der Waals surface area contributed by atoms with Crippen molar-refractivity contribution >= 4 is 12.0 Å². The maximum atomic E-state index is 12.8. The van der Waals surface area contributed by atoms with Gasteiger partial charge in [0.1, 0.15) is 5.60 Å². The van der Waals surface area contributed by atoms with Gasteiger partial charge in [-0.05, 0) is 50.8 Å². The number of piperidine rings is 1. The van der Waals surface area contributed by atoms with Crippen molar-refractivity contribution in [1.29, 1.82) is 0 Å². The minimum atomic E-state index is -0.512. The summed E-state index contributed by atoms with van der Waals surface area (Å²) in [6.07, 6.45) is 1.48. The molecule has 1 saturated heterocycles. The number of nitrogens with two attached hydrogens (primary N) is 1. The van der Waals surface area contributed by atoms with Crippen LogP contribution in [-0.2, 0) is 17.8 Å². The molecule has 1 unspecified atom stereocenters. The van der Waals surface area contributed by atoms with E-state index in [9.17, 15) is 9.59 Å². The molecule has 0 aromatic heterocycles. The molecular weight excluding hydrogens is 318 g/mol. The zero-order valence-corrected chi connectivity index (χ0v) is 15.2. The number of hydrogen-bond acceptors (Lipinski definition) is 4. The number of fused-ring (bicyclic) bond motifs is 1. The van der Waals surface area contributed by atoms with Gasteiger partial charge < -0.3 is 20.3 Å². The van der Waals surface area contributed by atoms with E-state index in [1.165, 1.54) is 0 Å². The lowest BCUT2D eigenvalue weighted by Crippen LogP contribution is -2.50. The molecule has 2 aliphatic heterocycles. The Morgan fingerprint density at radius 2 is 2.12 bits per heavy atom. The topological polar surface area (TPSA) is 75.9 Å². The van der Waals surface area contributed by atoms with Crippen molar-refractivity contribution in [2.75, 3.05) is 13.1 Å². The van der Waals surface area contributed by atoms with Crippen molar-refractivity contribution in [3.63, 3.8) is 0 Å². The Hall–Kier alpha value is -2.08. The van der Waals surface area contributed by atoms with Gasteiger partial charge in [0.25, 0.3) is 5.91 Å². The van der Waals surface area contributed by atoms with Crippen molar-refractivity contribution in [3.8, 4) is 0 Å². The number of ether oxygens (including phenoxy) is 1. The predicted octanol–water partition coefficient (Wildman–Crippen LogP) is 2.50. The summed E-state index contributed by atoms with van der Waals surface area (Å²) in [5.41, 5.74) is 8.01. The van der Waals surface area contributed by atoms with Crippen LogP contribution in [0.5, 0.6) is 0 Å². The van der Waals surface area contributed by atoms with Crippen molar-refractivity contribution in [2.45, 2.75) is 58.3 Å². The third-order valence-corrected chi connectivity index (χ3v) is 4.73. The Morgan fingerprint density at radius 1 is 1.36 bits per heavy atom. The van der Waals surface area contributed by atoms with Crippen LogP contribution in [0.4, 0.5) is 4.79 Å². The molecule has 0 spiro atoms. The first-order valence-electron chi connectivity index (χ1n) is 8.89. The van der Waals surface area contributed by atoms with E-state index in [2.05, 4.69) is 0 Å². The highest BCUT2D eigenvalue weighted by Crippen LogP contribution is 2.29. The van der Waals surface area contributed by atoms with Gasteiger partial charge in [0.2, 0.25) is 0 Å². The summed E-state index contributed by atoms with van der Waals surface area (Å²) < 4.78 is 5.48. The second-order valence-corrected chi connectivity index (χ2v) is 7.85. The van der Waals surface area contributed by atoms with Gasteiger partial charge in [-0.15, -0.1) is 0 Å². The van der Waals surface area contributed by atoms with E-state index in [1.807, 2.05) is 43.9 Å². The van der Waals surface area contributed by atoms with Crippen LogP contribution in [0.15, 0.2) is 18.2 Å². The zero-order chi connectivity index (χ0) is 18.2. The standard InChI is InChI=1S/C19H27N3O3/c1-19(2,3)25-18(24)21-8-4-5-15(12-21)22-11-14-9-13(10-20)6-7-16(14)17(22)23/h6-7,9,15H,4-5,8,10-12,20H2,1-3H3. The second-order valence-electron chi connectivity index (χ2n) is 7.85. The third kappa shape index (κ3) is 3.79. The van der Waals surface area contributed by atoms with Gasteiger partial charge in [0.15, 0.2) is 0 Å². The molecule has 1 atom stereocenters. The van der Waals surface area contributed by atoms with Gasteiger partial charge in [0, 0.05) is 31.7 Å². The SMILES string of the molecule is CC(C)(C)OC(=O)N1CCCC(N2Cc3cc(CN)ccc3C2=O)C1. The number of benzene rings is 1. The van der Waals surface area contributed by atoms with Crippen LogP contribution in [0.1, 0.15) is 55.1 Å². The Kier molecular flexibility index (Phi) is 4.73. The van der Waals surface area contributed by atoms with Gasteiger partial charge in [-0.25, -0.2) is 4.79 Å². The van der Waals surface area contributed by atoms with Crippen molar-refractivity contribution in [2.24, 2.45) is 5.73 Å². The number of carbonyl (C=O) groups is 2. The highest BCUT2D eigenvalue weighted by Gasteiger charge is 2.36. The van der Waals surface area contributed by atoms with Crippen molar-refractivity contribution < 1.29 is 14.3 Å². The van der Waals surface area contributed by atoms with E-state index in [4.69, 9.17) is 10.5 Å². The quantitative estimate of drug-likeness (QED) is 0.893. The van der Waals surface area contributed by atoms with E-state index < -0.39 is 5.60 Å². The molecule has 2 heterocycles.